The van der Waals surface area contributed by atoms with Crippen molar-refractivity contribution in [3.8, 4) is 5.75 Å². The second kappa shape index (κ2) is 11.9. The van der Waals surface area contributed by atoms with Gasteiger partial charge in [-0.25, -0.2) is 0 Å². The zero-order valence-electron chi connectivity index (χ0n) is 17.6. The van der Waals surface area contributed by atoms with E-state index in [1.165, 1.54) is 5.56 Å². The van der Waals surface area contributed by atoms with Crippen LogP contribution in [0.2, 0.25) is 0 Å². The quantitative estimate of drug-likeness (QED) is 0.301. The largest absolute Gasteiger partial charge is 0.489 e. The lowest BCUT2D eigenvalue weighted by Crippen LogP contribution is -2.26. The van der Waals surface area contributed by atoms with Crippen molar-refractivity contribution in [2.24, 2.45) is 0 Å². The summed E-state index contributed by atoms with van der Waals surface area (Å²) in [5, 5.41) is 32.0. The Morgan fingerprint density at radius 1 is 0.966 bits per heavy atom. The number of nitrogens with one attached hydrogen (secondary N) is 1. The van der Waals surface area contributed by atoms with E-state index < -0.39 is 11.9 Å². The van der Waals surface area contributed by atoms with Crippen LogP contribution in [-0.4, -0.2) is 27.5 Å². The van der Waals surface area contributed by atoms with Crippen molar-refractivity contribution >= 4 is 0 Å². The van der Waals surface area contributed by atoms with Crippen LogP contribution < -0.4 is 10.1 Å². The minimum atomic E-state index is -1.45. The van der Waals surface area contributed by atoms with Crippen molar-refractivity contribution in [3.05, 3.63) is 65.2 Å². The van der Waals surface area contributed by atoms with Gasteiger partial charge in [0.25, 0.3) is 0 Å². The average Bonchev–Trinajstić information content (AvgIpc) is 2.75. The molecule has 2 aromatic carbocycles. The summed E-state index contributed by atoms with van der Waals surface area (Å²) < 4.78 is 5.86. The maximum Gasteiger partial charge on any atom is 0.178 e. The number of aliphatic hydroxyl groups is 3. The van der Waals surface area contributed by atoms with Crippen LogP contribution in [0.15, 0.2) is 48.5 Å². The fourth-order valence-electron chi connectivity index (χ4n) is 3.24. The Balaban J connectivity index is 1.71. The second-order valence-corrected chi connectivity index (χ2v) is 7.62. The van der Waals surface area contributed by atoms with Crippen LogP contribution in [0, 0.1) is 0 Å². The van der Waals surface area contributed by atoms with Gasteiger partial charge in [-0.3, -0.25) is 0 Å². The third kappa shape index (κ3) is 8.15. The monoisotopic (exact) mass is 401 g/mol. The first kappa shape index (κ1) is 23.4. The van der Waals surface area contributed by atoms with Gasteiger partial charge in [0, 0.05) is 12.1 Å². The molecule has 0 fully saturated rings. The Labute approximate surface area is 174 Å². The molecule has 0 radical (unpaired) electrons. The molecule has 29 heavy (non-hydrogen) atoms. The first-order valence-corrected chi connectivity index (χ1v) is 10.6. The fourth-order valence-corrected chi connectivity index (χ4v) is 3.24. The van der Waals surface area contributed by atoms with E-state index in [0.29, 0.717) is 12.2 Å². The Morgan fingerprint density at radius 3 is 2.34 bits per heavy atom. The number of unbranched alkanes of at least 4 members (excludes halogenated alkanes) is 1. The second-order valence-electron chi connectivity index (χ2n) is 7.62. The molecular formula is C24H35NO4. The van der Waals surface area contributed by atoms with Crippen molar-refractivity contribution in [3.63, 3.8) is 0 Å². The molecule has 5 nitrogen and oxygen atoms in total. The molecule has 2 aromatic rings. The van der Waals surface area contributed by atoms with Crippen molar-refractivity contribution in [1.82, 2.24) is 5.32 Å². The highest BCUT2D eigenvalue weighted by molar-refractivity contribution is 5.29. The van der Waals surface area contributed by atoms with Gasteiger partial charge in [0.05, 0.1) is 5.60 Å². The van der Waals surface area contributed by atoms with E-state index in [4.69, 9.17) is 14.9 Å². The van der Waals surface area contributed by atoms with Crippen LogP contribution in [0.1, 0.15) is 68.9 Å². The molecule has 2 rings (SSSR count). The normalized spacial score (nSPS) is 11.8. The number of hydrogen-bond donors (Lipinski definition) is 4. The average molecular weight is 402 g/mol. The van der Waals surface area contributed by atoms with Gasteiger partial charge in [0.15, 0.2) is 6.29 Å². The standard InChI is InChI=1S/C24H35NO4/c1-3-24(28,4-2)14-5-6-15-25-17-20-8-7-9-22(16-20)29-18-19-10-12-21(13-11-19)23(26)27/h7-13,16,23,25-28H,3-6,14-15,17-18H2,1-2H3. The third-order valence-corrected chi connectivity index (χ3v) is 5.47. The molecule has 0 aromatic heterocycles. The molecule has 0 heterocycles. The molecule has 160 valence electrons. The molecule has 0 amide bonds. The van der Waals surface area contributed by atoms with Gasteiger partial charge in [-0.2, -0.15) is 0 Å². The van der Waals surface area contributed by atoms with Crippen LogP contribution in [0.4, 0.5) is 0 Å². The van der Waals surface area contributed by atoms with Crippen molar-refractivity contribution in [2.45, 2.75) is 71.0 Å². The summed E-state index contributed by atoms with van der Waals surface area (Å²) in [5.74, 6) is 0.812. The molecular weight excluding hydrogens is 366 g/mol. The van der Waals surface area contributed by atoms with Crippen LogP contribution in [0.25, 0.3) is 0 Å². The van der Waals surface area contributed by atoms with Crippen LogP contribution in [0.5, 0.6) is 5.75 Å². The lowest BCUT2D eigenvalue weighted by Gasteiger charge is -2.24. The van der Waals surface area contributed by atoms with E-state index in [1.807, 2.05) is 44.2 Å². The first-order chi connectivity index (χ1) is 14.0. The molecule has 4 N–H and O–H groups in total. The zero-order chi connectivity index (χ0) is 21.1. The highest BCUT2D eigenvalue weighted by atomic mass is 16.5. The van der Waals surface area contributed by atoms with E-state index >= 15 is 0 Å². The fraction of sp³-hybridized carbons (Fsp3) is 0.500. The summed E-state index contributed by atoms with van der Waals surface area (Å²) in [6, 6.07) is 15.1. The summed E-state index contributed by atoms with van der Waals surface area (Å²) in [6.45, 7) is 6.23. The van der Waals surface area contributed by atoms with Crippen molar-refractivity contribution in [2.75, 3.05) is 6.54 Å². The number of benzene rings is 2. The predicted octanol–water partition coefficient (Wildman–Crippen LogP) is 4.06. The predicted molar refractivity (Wildman–Crippen MR) is 115 cm³/mol. The highest BCUT2D eigenvalue weighted by Crippen LogP contribution is 2.21. The minimum absolute atomic E-state index is 0.427. The zero-order valence-corrected chi connectivity index (χ0v) is 17.6. The maximum absolute atomic E-state index is 10.3. The smallest absolute Gasteiger partial charge is 0.178 e. The molecule has 0 saturated carbocycles. The third-order valence-electron chi connectivity index (χ3n) is 5.47. The molecule has 0 bridgehead atoms. The number of rotatable bonds is 13. The Kier molecular flexibility index (Phi) is 9.61. The van der Waals surface area contributed by atoms with Gasteiger partial charge >= 0.3 is 0 Å². The summed E-state index contributed by atoms with van der Waals surface area (Å²) in [4.78, 5) is 0. The van der Waals surface area contributed by atoms with E-state index in [1.54, 1.807) is 12.1 Å². The first-order valence-electron chi connectivity index (χ1n) is 10.6. The molecule has 0 aliphatic carbocycles. The number of ether oxygens (including phenoxy) is 1. The van der Waals surface area contributed by atoms with Crippen molar-refractivity contribution in [1.29, 1.82) is 0 Å². The summed E-state index contributed by atoms with van der Waals surface area (Å²) in [5.41, 5.74) is 2.11. The van der Waals surface area contributed by atoms with E-state index in [9.17, 15) is 5.11 Å². The minimum Gasteiger partial charge on any atom is -0.489 e. The highest BCUT2D eigenvalue weighted by Gasteiger charge is 2.20. The van der Waals surface area contributed by atoms with E-state index in [2.05, 4.69) is 11.4 Å². The Morgan fingerprint density at radius 2 is 1.69 bits per heavy atom. The lowest BCUT2D eigenvalue weighted by atomic mass is 9.91. The van der Waals surface area contributed by atoms with Crippen LogP contribution in [0.3, 0.4) is 0 Å². The van der Waals surface area contributed by atoms with Gasteiger partial charge in [0.2, 0.25) is 0 Å². The summed E-state index contributed by atoms with van der Waals surface area (Å²) in [7, 11) is 0. The van der Waals surface area contributed by atoms with Gasteiger partial charge < -0.3 is 25.4 Å². The molecule has 0 saturated heterocycles. The van der Waals surface area contributed by atoms with Crippen LogP contribution >= 0.6 is 0 Å². The van der Waals surface area contributed by atoms with Crippen molar-refractivity contribution < 1.29 is 20.1 Å². The number of aliphatic hydroxyl groups excluding tert-OH is 1. The Bertz CT molecular complexity index is 711. The van der Waals surface area contributed by atoms with Gasteiger partial charge in [-0.15, -0.1) is 0 Å². The van der Waals surface area contributed by atoms with E-state index in [0.717, 1.165) is 56.5 Å². The molecule has 0 atom stereocenters. The van der Waals surface area contributed by atoms with Gasteiger partial charge in [-0.05, 0) is 61.9 Å². The van der Waals surface area contributed by atoms with Gasteiger partial charge in [0.1, 0.15) is 12.4 Å². The molecule has 0 aliphatic heterocycles. The van der Waals surface area contributed by atoms with E-state index in [-0.39, 0.29) is 0 Å². The number of hydrogen-bond acceptors (Lipinski definition) is 5. The summed E-state index contributed by atoms with van der Waals surface area (Å²) in [6.07, 6.45) is 3.13. The molecule has 0 aliphatic rings. The Hall–Kier alpha value is -1.92. The van der Waals surface area contributed by atoms with Gasteiger partial charge in [-0.1, -0.05) is 50.2 Å². The summed E-state index contributed by atoms with van der Waals surface area (Å²) >= 11 is 0. The molecule has 5 heteroatoms. The van der Waals surface area contributed by atoms with Crippen LogP contribution in [-0.2, 0) is 13.2 Å². The topological polar surface area (TPSA) is 82.0 Å². The molecule has 0 spiro atoms. The SMILES string of the molecule is CCC(O)(CC)CCCCNCc1cccc(OCc2ccc(C(O)O)cc2)c1. The maximum atomic E-state index is 10.3. The molecule has 0 unspecified atom stereocenters. The lowest BCUT2D eigenvalue weighted by molar-refractivity contribution is -0.0425.